The average Bonchev–Trinajstić information content (AvgIpc) is 2.85. The van der Waals surface area contributed by atoms with Crippen LogP contribution in [0.1, 0.15) is 37.7 Å². The molecule has 0 heterocycles. The fourth-order valence-electron chi connectivity index (χ4n) is 2.04. The van der Waals surface area contributed by atoms with Crippen LogP contribution in [0.4, 0.5) is 0 Å². The lowest BCUT2D eigenvalue weighted by Crippen LogP contribution is -2.10. The molecule has 0 saturated heterocycles. The van der Waals surface area contributed by atoms with Crippen molar-refractivity contribution in [2.75, 3.05) is 6.61 Å². The molecular weight excluding hydrogens is 212 g/mol. The summed E-state index contributed by atoms with van der Waals surface area (Å²) < 4.78 is 5.87. The number of hydrogen-bond acceptors (Lipinski definition) is 2. The van der Waals surface area contributed by atoms with E-state index in [1.165, 1.54) is 25.7 Å². The predicted octanol–water partition coefficient (Wildman–Crippen LogP) is 2.74. The van der Waals surface area contributed by atoms with Gasteiger partial charge in [-0.2, -0.15) is 0 Å². The molecule has 2 heteroatoms. The van der Waals surface area contributed by atoms with Gasteiger partial charge < -0.3 is 9.84 Å². The summed E-state index contributed by atoms with van der Waals surface area (Å²) in [6, 6.07) is 7.88. The summed E-state index contributed by atoms with van der Waals surface area (Å²) in [6.07, 6.45) is 5.86. The lowest BCUT2D eigenvalue weighted by atomic mass is 10.2. The molecule has 1 fully saturated rings. The van der Waals surface area contributed by atoms with Crippen LogP contribution in [-0.2, 0) is 0 Å². The van der Waals surface area contributed by atoms with Gasteiger partial charge in [0, 0.05) is 12.0 Å². The smallest absolute Gasteiger partial charge is 0.119 e. The Hall–Kier alpha value is -1.46. The van der Waals surface area contributed by atoms with Gasteiger partial charge in [-0.1, -0.05) is 11.8 Å². The first-order valence-corrected chi connectivity index (χ1v) is 6.25. The highest BCUT2D eigenvalue weighted by atomic mass is 16.5. The Balaban J connectivity index is 1.91. The molecule has 0 radical (unpaired) electrons. The molecular formula is C15H18O2. The minimum Gasteiger partial charge on any atom is -0.490 e. The van der Waals surface area contributed by atoms with Gasteiger partial charge in [0.15, 0.2) is 0 Å². The highest BCUT2D eigenvalue weighted by molar-refractivity contribution is 5.38. The Morgan fingerprint density at radius 3 is 2.53 bits per heavy atom. The van der Waals surface area contributed by atoms with E-state index in [-0.39, 0.29) is 6.61 Å². The predicted molar refractivity (Wildman–Crippen MR) is 67.9 cm³/mol. The van der Waals surface area contributed by atoms with Crippen LogP contribution in [0.15, 0.2) is 24.3 Å². The molecule has 2 rings (SSSR count). The highest BCUT2D eigenvalue weighted by Gasteiger charge is 2.15. The second-order valence-electron chi connectivity index (χ2n) is 4.32. The quantitative estimate of drug-likeness (QED) is 0.809. The Labute approximate surface area is 103 Å². The second-order valence-corrected chi connectivity index (χ2v) is 4.32. The van der Waals surface area contributed by atoms with Gasteiger partial charge in [-0.15, -0.1) is 0 Å². The molecule has 90 valence electrons. The molecule has 1 aromatic rings. The summed E-state index contributed by atoms with van der Waals surface area (Å²) in [6.45, 7) is 0.121. The van der Waals surface area contributed by atoms with Gasteiger partial charge >= 0.3 is 0 Å². The molecule has 0 atom stereocenters. The zero-order chi connectivity index (χ0) is 11.9. The van der Waals surface area contributed by atoms with Gasteiger partial charge in [-0.05, 0) is 49.9 Å². The maximum absolute atomic E-state index is 8.63. The number of aliphatic hydroxyl groups excluding tert-OH is 1. The molecule has 1 N–H and O–H groups in total. The van der Waals surface area contributed by atoms with Crippen LogP contribution >= 0.6 is 0 Å². The molecule has 0 unspecified atom stereocenters. The zero-order valence-electron chi connectivity index (χ0n) is 9.98. The fraction of sp³-hybridized carbons (Fsp3) is 0.467. The summed E-state index contributed by atoms with van der Waals surface area (Å²) in [5, 5.41) is 8.63. The molecule has 0 aromatic heterocycles. The molecule has 0 aliphatic heterocycles. The summed E-state index contributed by atoms with van der Waals surface area (Å²) in [5.74, 6) is 6.84. The molecule has 1 saturated carbocycles. The SMILES string of the molecule is OCCC#Cc1ccc(OC2CCCC2)cc1. The van der Waals surface area contributed by atoms with Crippen molar-refractivity contribution in [3.05, 3.63) is 29.8 Å². The van der Waals surface area contributed by atoms with Gasteiger partial charge in [0.05, 0.1) is 12.7 Å². The minimum atomic E-state index is 0.121. The first-order valence-electron chi connectivity index (χ1n) is 6.25. The normalized spacial score (nSPS) is 15.4. The topological polar surface area (TPSA) is 29.5 Å². The maximum atomic E-state index is 8.63. The van der Waals surface area contributed by atoms with Crippen LogP contribution in [0.3, 0.4) is 0 Å². The van der Waals surface area contributed by atoms with Gasteiger partial charge in [0.2, 0.25) is 0 Å². The second kappa shape index (κ2) is 6.32. The van der Waals surface area contributed by atoms with E-state index in [1.54, 1.807) is 0 Å². The first-order chi connectivity index (χ1) is 8.38. The van der Waals surface area contributed by atoms with E-state index in [1.807, 2.05) is 24.3 Å². The van der Waals surface area contributed by atoms with Gasteiger partial charge in [-0.3, -0.25) is 0 Å². The van der Waals surface area contributed by atoms with Crippen LogP contribution < -0.4 is 4.74 Å². The van der Waals surface area contributed by atoms with Crippen molar-refractivity contribution in [1.82, 2.24) is 0 Å². The highest BCUT2D eigenvalue weighted by Crippen LogP contribution is 2.24. The van der Waals surface area contributed by atoms with E-state index in [2.05, 4.69) is 11.8 Å². The molecule has 0 spiro atoms. The number of rotatable bonds is 3. The van der Waals surface area contributed by atoms with Crippen molar-refractivity contribution in [3.8, 4) is 17.6 Å². The van der Waals surface area contributed by atoms with Gasteiger partial charge in [-0.25, -0.2) is 0 Å². The van der Waals surface area contributed by atoms with Crippen molar-refractivity contribution >= 4 is 0 Å². The van der Waals surface area contributed by atoms with E-state index >= 15 is 0 Å². The van der Waals surface area contributed by atoms with Gasteiger partial charge in [0.25, 0.3) is 0 Å². The van der Waals surface area contributed by atoms with Crippen molar-refractivity contribution < 1.29 is 9.84 Å². The minimum absolute atomic E-state index is 0.121. The molecule has 17 heavy (non-hydrogen) atoms. The zero-order valence-corrected chi connectivity index (χ0v) is 9.98. The van der Waals surface area contributed by atoms with Crippen LogP contribution in [0, 0.1) is 11.8 Å². The van der Waals surface area contributed by atoms with Crippen molar-refractivity contribution in [2.45, 2.75) is 38.2 Å². The first kappa shape index (κ1) is 12.0. The summed E-state index contributed by atoms with van der Waals surface area (Å²) in [4.78, 5) is 0. The van der Waals surface area contributed by atoms with E-state index in [4.69, 9.17) is 9.84 Å². The Kier molecular flexibility index (Phi) is 4.46. The third kappa shape index (κ3) is 3.80. The largest absolute Gasteiger partial charge is 0.490 e. The lowest BCUT2D eigenvalue weighted by Gasteiger charge is -2.12. The third-order valence-electron chi connectivity index (χ3n) is 2.93. The molecule has 2 nitrogen and oxygen atoms in total. The van der Waals surface area contributed by atoms with E-state index in [0.29, 0.717) is 12.5 Å². The van der Waals surface area contributed by atoms with Crippen LogP contribution in [0.2, 0.25) is 0 Å². The van der Waals surface area contributed by atoms with E-state index in [0.717, 1.165) is 11.3 Å². The number of benzene rings is 1. The summed E-state index contributed by atoms with van der Waals surface area (Å²) >= 11 is 0. The number of ether oxygens (including phenoxy) is 1. The van der Waals surface area contributed by atoms with Crippen molar-refractivity contribution in [2.24, 2.45) is 0 Å². The van der Waals surface area contributed by atoms with Crippen LogP contribution in [0.5, 0.6) is 5.75 Å². The van der Waals surface area contributed by atoms with Crippen LogP contribution in [-0.4, -0.2) is 17.8 Å². The molecule has 0 amide bonds. The summed E-state index contributed by atoms with van der Waals surface area (Å²) in [7, 11) is 0. The molecule has 1 aliphatic rings. The number of hydrogen-bond donors (Lipinski definition) is 1. The monoisotopic (exact) mass is 230 g/mol. The lowest BCUT2D eigenvalue weighted by molar-refractivity contribution is 0.210. The van der Waals surface area contributed by atoms with Crippen LogP contribution in [0.25, 0.3) is 0 Å². The molecule has 0 bridgehead atoms. The third-order valence-corrected chi connectivity index (χ3v) is 2.93. The number of aliphatic hydroxyl groups is 1. The maximum Gasteiger partial charge on any atom is 0.119 e. The average molecular weight is 230 g/mol. The van der Waals surface area contributed by atoms with E-state index in [9.17, 15) is 0 Å². The Bertz CT molecular complexity index is 391. The Morgan fingerprint density at radius 2 is 1.88 bits per heavy atom. The van der Waals surface area contributed by atoms with E-state index < -0.39 is 0 Å². The summed E-state index contributed by atoms with van der Waals surface area (Å²) in [5.41, 5.74) is 0.970. The molecule has 1 aliphatic carbocycles. The standard InChI is InChI=1S/C15H18O2/c16-12-4-3-5-13-8-10-15(11-9-13)17-14-6-1-2-7-14/h8-11,14,16H,1-2,4,6-7,12H2. The fourth-order valence-corrected chi connectivity index (χ4v) is 2.04. The Morgan fingerprint density at radius 1 is 1.18 bits per heavy atom. The molecule has 1 aromatic carbocycles. The van der Waals surface area contributed by atoms with Crippen molar-refractivity contribution in [1.29, 1.82) is 0 Å². The van der Waals surface area contributed by atoms with Crippen molar-refractivity contribution in [3.63, 3.8) is 0 Å². The van der Waals surface area contributed by atoms with Gasteiger partial charge in [0.1, 0.15) is 5.75 Å².